The van der Waals surface area contributed by atoms with Crippen LogP contribution in [0.4, 0.5) is 4.39 Å². The summed E-state index contributed by atoms with van der Waals surface area (Å²) in [5.74, 6) is -1.56. The van der Waals surface area contributed by atoms with E-state index in [1.54, 1.807) is 11.8 Å². The Labute approximate surface area is 148 Å². The average Bonchev–Trinajstić information content (AvgIpc) is 2.45. The molecule has 1 aromatic rings. The summed E-state index contributed by atoms with van der Waals surface area (Å²) < 4.78 is 37.6. The van der Waals surface area contributed by atoms with Gasteiger partial charge in [0.05, 0.1) is 10.6 Å². The highest BCUT2D eigenvalue weighted by molar-refractivity contribution is 7.91. The van der Waals surface area contributed by atoms with Crippen LogP contribution in [0.1, 0.15) is 20.8 Å². The predicted molar refractivity (Wildman–Crippen MR) is 93.5 cm³/mol. The van der Waals surface area contributed by atoms with E-state index < -0.39 is 21.6 Å². The van der Waals surface area contributed by atoms with Gasteiger partial charge in [-0.25, -0.2) is 12.8 Å². The Morgan fingerprint density at radius 3 is 2.25 bits per heavy atom. The van der Waals surface area contributed by atoms with Gasteiger partial charge < -0.3 is 10.2 Å². The molecule has 1 amide bonds. The normalized spacial score (nSPS) is 22.6. The number of rotatable bonds is 4. The molecule has 1 heterocycles. The van der Waals surface area contributed by atoms with Crippen LogP contribution < -0.4 is 5.32 Å². The third-order valence-corrected chi connectivity index (χ3v) is 5.86. The van der Waals surface area contributed by atoms with Crippen LogP contribution >= 0.6 is 12.4 Å². The van der Waals surface area contributed by atoms with E-state index in [2.05, 4.69) is 5.32 Å². The van der Waals surface area contributed by atoms with Crippen LogP contribution in [0, 0.1) is 11.7 Å². The van der Waals surface area contributed by atoms with Crippen LogP contribution in [0.25, 0.3) is 0 Å². The molecule has 5 nitrogen and oxygen atoms in total. The van der Waals surface area contributed by atoms with Crippen molar-refractivity contribution in [2.24, 2.45) is 5.92 Å². The second-order valence-electron chi connectivity index (χ2n) is 6.35. The van der Waals surface area contributed by atoms with Crippen LogP contribution in [0.3, 0.4) is 0 Å². The van der Waals surface area contributed by atoms with E-state index in [1.807, 2.05) is 13.8 Å². The van der Waals surface area contributed by atoms with Crippen LogP contribution in [0.5, 0.6) is 0 Å². The highest BCUT2D eigenvalue weighted by Gasteiger charge is 2.30. The first kappa shape index (κ1) is 20.9. The molecular weight excluding hydrogens is 355 g/mol. The molecule has 0 spiro atoms. The number of sulfone groups is 1. The lowest BCUT2D eigenvalue weighted by atomic mass is 10.1. The summed E-state index contributed by atoms with van der Waals surface area (Å²) in [6, 6.07) is 5.05. The van der Waals surface area contributed by atoms with E-state index in [1.165, 1.54) is 12.1 Å². The van der Waals surface area contributed by atoms with E-state index in [9.17, 15) is 17.6 Å². The third-order valence-electron chi connectivity index (χ3n) is 3.93. The number of halogens is 2. The molecule has 0 bridgehead atoms. The number of hydrogen-bond donors (Lipinski definition) is 1. The summed E-state index contributed by atoms with van der Waals surface area (Å²) in [6.07, 6.45) is 0. The summed E-state index contributed by atoms with van der Waals surface area (Å²) in [4.78, 5) is 14.3. The van der Waals surface area contributed by atoms with Crippen molar-refractivity contribution in [2.45, 2.75) is 37.8 Å². The zero-order valence-corrected chi connectivity index (χ0v) is 15.7. The molecule has 3 unspecified atom stereocenters. The number of carbonyl (C=O) groups is 1. The fraction of sp³-hybridized carbons (Fsp3) is 0.562. The van der Waals surface area contributed by atoms with Crippen molar-refractivity contribution >= 4 is 28.2 Å². The Morgan fingerprint density at radius 1 is 1.25 bits per heavy atom. The first-order chi connectivity index (χ1) is 10.7. The van der Waals surface area contributed by atoms with Crippen LogP contribution in [-0.4, -0.2) is 50.2 Å². The Morgan fingerprint density at radius 2 is 1.75 bits per heavy atom. The number of benzene rings is 1. The van der Waals surface area contributed by atoms with Gasteiger partial charge in [-0.3, -0.25) is 4.79 Å². The number of amides is 1. The highest BCUT2D eigenvalue weighted by Crippen LogP contribution is 2.17. The monoisotopic (exact) mass is 378 g/mol. The smallest absolute Gasteiger partial charge is 0.226 e. The van der Waals surface area contributed by atoms with E-state index in [4.69, 9.17) is 0 Å². The third kappa shape index (κ3) is 5.16. The Kier molecular flexibility index (Phi) is 7.19. The number of piperazine rings is 1. The second kappa shape index (κ2) is 8.27. The van der Waals surface area contributed by atoms with Gasteiger partial charge in [0, 0.05) is 31.1 Å². The van der Waals surface area contributed by atoms with Gasteiger partial charge >= 0.3 is 0 Å². The Hall–Kier alpha value is -1.18. The molecule has 2 rings (SSSR count). The molecule has 0 aromatic heterocycles. The second-order valence-corrected chi connectivity index (χ2v) is 8.38. The maximum atomic E-state index is 12.9. The largest absolute Gasteiger partial charge is 0.339 e. The number of nitrogens with one attached hydrogen (secondary N) is 1. The maximum Gasteiger partial charge on any atom is 0.226 e. The molecular formula is C16H24ClFN2O3S. The Bertz CT molecular complexity index is 656. The van der Waals surface area contributed by atoms with Crippen molar-refractivity contribution in [1.29, 1.82) is 0 Å². The van der Waals surface area contributed by atoms with Crippen LogP contribution in [-0.2, 0) is 14.6 Å². The van der Waals surface area contributed by atoms with Gasteiger partial charge in [0.2, 0.25) is 5.91 Å². The lowest BCUT2D eigenvalue weighted by molar-refractivity contribution is -0.136. The fourth-order valence-corrected chi connectivity index (χ4v) is 4.50. The molecule has 1 aromatic carbocycles. The van der Waals surface area contributed by atoms with Gasteiger partial charge in [-0.15, -0.1) is 12.4 Å². The summed E-state index contributed by atoms with van der Waals surface area (Å²) >= 11 is 0. The topological polar surface area (TPSA) is 66.5 Å². The molecule has 0 radical (unpaired) electrons. The van der Waals surface area contributed by atoms with Crippen molar-refractivity contribution in [2.75, 3.05) is 18.8 Å². The van der Waals surface area contributed by atoms with Gasteiger partial charge in [0.15, 0.2) is 9.84 Å². The minimum atomic E-state index is -3.62. The summed E-state index contributed by atoms with van der Waals surface area (Å²) in [5, 5.41) is 3.33. The van der Waals surface area contributed by atoms with E-state index in [0.717, 1.165) is 12.1 Å². The minimum absolute atomic E-state index is 0. The van der Waals surface area contributed by atoms with E-state index >= 15 is 0 Å². The molecule has 8 heteroatoms. The summed E-state index contributed by atoms with van der Waals surface area (Å²) in [7, 11) is -3.62. The molecule has 1 fully saturated rings. The summed E-state index contributed by atoms with van der Waals surface area (Å²) in [6.45, 7) is 6.76. The molecule has 1 aliphatic heterocycles. The zero-order valence-electron chi connectivity index (χ0n) is 14.0. The van der Waals surface area contributed by atoms with Gasteiger partial charge in [-0.1, -0.05) is 6.92 Å². The lowest BCUT2D eigenvalue weighted by Gasteiger charge is -2.37. The highest BCUT2D eigenvalue weighted by atomic mass is 35.5. The first-order valence-electron chi connectivity index (χ1n) is 7.72. The van der Waals surface area contributed by atoms with Crippen LogP contribution in [0.2, 0.25) is 0 Å². The maximum absolute atomic E-state index is 12.9. The Balaban J connectivity index is 0.00000288. The number of nitrogens with zero attached hydrogens (tertiary/aromatic N) is 1. The molecule has 1 aliphatic rings. The van der Waals surface area contributed by atoms with E-state index in [-0.39, 0.29) is 41.0 Å². The molecule has 24 heavy (non-hydrogen) atoms. The zero-order chi connectivity index (χ0) is 17.2. The molecule has 1 saturated heterocycles. The van der Waals surface area contributed by atoms with Crippen molar-refractivity contribution in [3.05, 3.63) is 30.1 Å². The van der Waals surface area contributed by atoms with Crippen molar-refractivity contribution in [1.82, 2.24) is 10.2 Å². The summed E-state index contributed by atoms with van der Waals surface area (Å²) in [5.41, 5.74) is 0. The lowest BCUT2D eigenvalue weighted by Crippen LogP contribution is -2.57. The molecule has 1 N–H and O–H groups in total. The van der Waals surface area contributed by atoms with Crippen molar-refractivity contribution in [3.8, 4) is 0 Å². The van der Waals surface area contributed by atoms with Crippen molar-refractivity contribution in [3.63, 3.8) is 0 Å². The van der Waals surface area contributed by atoms with Crippen LogP contribution in [0.15, 0.2) is 29.2 Å². The van der Waals surface area contributed by atoms with Gasteiger partial charge in [0.1, 0.15) is 5.82 Å². The quantitative estimate of drug-likeness (QED) is 0.812. The number of carbonyl (C=O) groups excluding carboxylic acids is 1. The van der Waals surface area contributed by atoms with Gasteiger partial charge in [-0.05, 0) is 38.1 Å². The van der Waals surface area contributed by atoms with Crippen molar-refractivity contribution < 1.29 is 17.6 Å². The molecule has 0 saturated carbocycles. The molecule has 3 atom stereocenters. The molecule has 0 aliphatic carbocycles. The van der Waals surface area contributed by atoms with Gasteiger partial charge in [0.25, 0.3) is 0 Å². The SMILES string of the molecule is CC1CN(C(=O)C(C)CS(=O)(=O)c2ccc(F)cc2)CC(C)N1.Cl. The predicted octanol–water partition coefficient (Wildman–Crippen LogP) is 1.87. The fourth-order valence-electron chi connectivity index (χ4n) is 2.96. The average molecular weight is 379 g/mol. The minimum Gasteiger partial charge on any atom is -0.339 e. The number of hydrogen-bond acceptors (Lipinski definition) is 4. The standard InChI is InChI=1S/C16H23FN2O3S.ClH/c1-11(16(20)19-8-12(2)18-13(3)9-19)10-23(21,22)15-6-4-14(17)5-7-15;/h4-7,11-13,18H,8-10H2,1-3H3;1H. The first-order valence-corrected chi connectivity index (χ1v) is 9.37. The molecule has 136 valence electrons. The van der Waals surface area contributed by atoms with Gasteiger partial charge in [-0.2, -0.15) is 0 Å². The van der Waals surface area contributed by atoms with E-state index in [0.29, 0.717) is 13.1 Å².